The van der Waals surface area contributed by atoms with Gasteiger partial charge in [0.2, 0.25) is 5.91 Å². The number of nitrogens with one attached hydrogen (secondary N) is 2. The molecule has 196 valence electrons. The summed E-state index contributed by atoms with van der Waals surface area (Å²) in [4.78, 5) is 47.2. The van der Waals surface area contributed by atoms with Gasteiger partial charge in [-0.3, -0.25) is 14.5 Å². The molecule has 9 nitrogen and oxygen atoms in total. The molecule has 10 heteroatoms. The van der Waals surface area contributed by atoms with Crippen LogP contribution >= 0.6 is 11.3 Å². The van der Waals surface area contributed by atoms with Crippen LogP contribution in [0.5, 0.6) is 11.5 Å². The zero-order valence-corrected chi connectivity index (χ0v) is 21.7. The minimum absolute atomic E-state index is 0.0954. The summed E-state index contributed by atoms with van der Waals surface area (Å²) in [5.74, 6) is 1.17. The molecule has 6 rings (SSSR count). The van der Waals surface area contributed by atoms with Gasteiger partial charge in [-0.15, -0.1) is 11.3 Å². The molecule has 2 aromatic carbocycles. The number of thiophene rings is 1. The normalized spacial score (nSPS) is 16.2. The molecule has 4 aromatic rings. The summed E-state index contributed by atoms with van der Waals surface area (Å²) < 4.78 is 5.88. The summed E-state index contributed by atoms with van der Waals surface area (Å²) in [6.45, 7) is 5.20. The monoisotopic (exact) mass is 539 g/mol. The van der Waals surface area contributed by atoms with E-state index in [1.165, 1.54) is 17.4 Å². The minimum atomic E-state index is -0.367. The molecular formula is C29H25N5O4S. The number of hydrogen-bond donors (Lipinski definition) is 2. The Morgan fingerprint density at radius 1 is 1.13 bits per heavy atom. The van der Waals surface area contributed by atoms with E-state index in [9.17, 15) is 14.4 Å². The molecule has 2 N–H and O–H groups in total. The summed E-state index contributed by atoms with van der Waals surface area (Å²) in [6, 6.07) is 18.1. The second-order valence-corrected chi connectivity index (χ2v) is 10.3. The third-order valence-corrected chi connectivity index (χ3v) is 7.95. The van der Waals surface area contributed by atoms with Crippen molar-refractivity contribution in [1.29, 1.82) is 0 Å². The van der Waals surface area contributed by atoms with Crippen LogP contribution in [0.25, 0.3) is 10.2 Å². The van der Waals surface area contributed by atoms with Crippen molar-refractivity contribution in [2.75, 3.05) is 29.9 Å². The van der Waals surface area contributed by atoms with Gasteiger partial charge in [-0.05, 0) is 60.9 Å². The van der Waals surface area contributed by atoms with Gasteiger partial charge >= 0.3 is 6.03 Å². The zero-order valence-electron chi connectivity index (χ0n) is 20.9. The number of rotatable bonds is 7. The first-order valence-electron chi connectivity index (χ1n) is 12.6. The van der Waals surface area contributed by atoms with Gasteiger partial charge in [-0.2, -0.15) is 0 Å². The predicted octanol–water partition coefficient (Wildman–Crippen LogP) is 5.54. The molecule has 1 saturated heterocycles. The van der Waals surface area contributed by atoms with E-state index in [4.69, 9.17) is 4.74 Å². The Kier molecular flexibility index (Phi) is 6.45. The fourth-order valence-corrected chi connectivity index (χ4v) is 5.97. The van der Waals surface area contributed by atoms with Crippen molar-refractivity contribution < 1.29 is 19.1 Å². The number of pyridine rings is 1. The van der Waals surface area contributed by atoms with Crippen LogP contribution in [0.3, 0.4) is 0 Å². The van der Waals surface area contributed by atoms with E-state index < -0.39 is 0 Å². The Balaban J connectivity index is 1.22. The maximum Gasteiger partial charge on any atom is 0.331 e. The highest BCUT2D eigenvalue weighted by atomic mass is 32.1. The number of likely N-dealkylation sites (tertiary alicyclic amines) is 1. The number of carbonyl (C=O) groups is 3. The summed E-state index contributed by atoms with van der Waals surface area (Å²) in [5, 5.41) is 6.62. The molecule has 2 aromatic heterocycles. The zero-order chi connectivity index (χ0) is 26.9. The molecule has 2 aliphatic rings. The van der Waals surface area contributed by atoms with Gasteiger partial charge in [0.25, 0.3) is 5.91 Å². The topological polar surface area (TPSA) is 104 Å². The van der Waals surface area contributed by atoms with Crippen LogP contribution in [0.1, 0.15) is 16.1 Å². The molecule has 4 heterocycles. The number of amides is 4. The van der Waals surface area contributed by atoms with Gasteiger partial charge in [0, 0.05) is 25.8 Å². The lowest BCUT2D eigenvalue weighted by atomic mass is 10.1. The second-order valence-electron chi connectivity index (χ2n) is 9.34. The Morgan fingerprint density at radius 3 is 2.67 bits per heavy atom. The van der Waals surface area contributed by atoms with Gasteiger partial charge in [0.05, 0.1) is 22.4 Å². The smallest absolute Gasteiger partial charge is 0.331 e. The van der Waals surface area contributed by atoms with Gasteiger partial charge in [-0.25, -0.2) is 9.78 Å². The van der Waals surface area contributed by atoms with Crippen molar-refractivity contribution in [3.8, 4) is 11.5 Å². The first-order chi connectivity index (χ1) is 19.0. The van der Waals surface area contributed by atoms with Crippen LogP contribution in [0.2, 0.25) is 0 Å². The van der Waals surface area contributed by atoms with Crippen molar-refractivity contribution in [2.45, 2.75) is 6.42 Å². The molecule has 0 radical (unpaired) electrons. The number of benzene rings is 2. The first kappa shape index (κ1) is 24.6. The third-order valence-electron chi connectivity index (χ3n) is 6.85. The van der Waals surface area contributed by atoms with Gasteiger partial charge in [0.1, 0.15) is 21.2 Å². The molecule has 0 bridgehead atoms. The molecule has 1 atom stereocenters. The first-order valence-corrected chi connectivity index (χ1v) is 13.4. The second kappa shape index (κ2) is 10.2. The maximum absolute atomic E-state index is 13.3. The highest BCUT2D eigenvalue weighted by molar-refractivity contribution is 7.21. The molecular weight excluding hydrogens is 514 g/mol. The van der Waals surface area contributed by atoms with E-state index in [1.54, 1.807) is 22.1 Å². The van der Waals surface area contributed by atoms with E-state index in [0.29, 0.717) is 52.2 Å². The standard InChI is InChI=1S/C29H25N5O4S/c1-2-23(35)33-15-13-18(17-33)16-31-27(36)26-25-24-22(12-14-30-28(24)39-26)34(29(37)32-25)19-8-10-21(11-9-19)38-20-6-4-3-5-7-20/h2-12,14,18H,1,13,15-17H2,(H,31,36)(H,32,37). The lowest BCUT2D eigenvalue weighted by Gasteiger charge is -2.28. The van der Waals surface area contributed by atoms with Crippen molar-refractivity contribution in [3.05, 3.63) is 84.4 Å². The maximum atomic E-state index is 13.3. The number of urea groups is 1. The molecule has 2 aliphatic heterocycles. The van der Waals surface area contributed by atoms with Crippen LogP contribution in [0.15, 0.2) is 79.5 Å². The molecule has 0 aliphatic carbocycles. The van der Waals surface area contributed by atoms with Crippen molar-refractivity contribution in [1.82, 2.24) is 15.2 Å². The highest BCUT2D eigenvalue weighted by Gasteiger charge is 2.33. The molecule has 1 unspecified atom stereocenters. The number of anilines is 3. The molecule has 4 amide bonds. The predicted molar refractivity (Wildman–Crippen MR) is 151 cm³/mol. The molecule has 0 saturated carbocycles. The lowest BCUT2D eigenvalue weighted by Crippen LogP contribution is -2.35. The largest absolute Gasteiger partial charge is 0.457 e. The fraction of sp³-hybridized carbons (Fsp3) is 0.172. The highest BCUT2D eigenvalue weighted by Crippen LogP contribution is 2.45. The SMILES string of the molecule is C=CC(=O)N1CCC(CNC(=O)c2sc3nccc4c3c2NC(=O)N4c2ccc(Oc3ccccc3)cc2)C1. The lowest BCUT2D eigenvalue weighted by molar-refractivity contribution is -0.125. The quantitative estimate of drug-likeness (QED) is 0.300. The average Bonchev–Trinajstić information content (AvgIpc) is 3.59. The summed E-state index contributed by atoms with van der Waals surface area (Å²) in [7, 11) is 0. The number of nitrogens with zero attached hydrogens (tertiary/aromatic N) is 3. The van der Waals surface area contributed by atoms with E-state index in [-0.39, 0.29) is 23.8 Å². The third kappa shape index (κ3) is 4.70. The van der Waals surface area contributed by atoms with E-state index in [2.05, 4.69) is 22.2 Å². The fourth-order valence-electron chi connectivity index (χ4n) is 4.93. The van der Waals surface area contributed by atoms with E-state index in [0.717, 1.165) is 17.6 Å². The number of carbonyl (C=O) groups excluding carboxylic acids is 3. The Labute approximate surface area is 228 Å². The molecule has 0 spiro atoms. The Hall–Kier alpha value is -4.70. The number of para-hydroxylation sites is 1. The Morgan fingerprint density at radius 2 is 1.90 bits per heavy atom. The summed E-state index contributed by atoms with van der Waals surface area (Å²) in [6.07, 6.45) is 3.76. The van der Waals surface area contributed by atoms with Crippen molar-refractivity contribution in [2.24, 2.45) is 5.92 Å². The van der Waals surface area contributed by atoms with Crippen LogP contribution in [-0.4, -0.2) is 47.4 Å². The number of ether oxygens (including phenoxy) is 1. The Bertz CT molecular complexity index is 1580. The van der Waals surface area contributed by atoms with Gasteiger partial charge in [0.15, 0.2) is 0 Å². The van der Waals surface area contributed by atoms with Crippen LogP contribution in [0.4, 0.5) is 21.9 Å². The number of hydrogen-bond acceptors (Lipinski definition) is 6. The van der Waals surface area contributed by atoms with Crippen molar-refractivity contribution in [3.63, 3.8) is 0 Å². The van der Waals surface area contributed by atoms with Crippen LogP contribution < -0.4 is 20.3 Å². The summed E-state index contributed by atoms with van der Waals surface area (Å²) >= 11 is 1.24. The van der Waals surface area contributed by atoms with E-state index >= 15 is 0 Å². The van der Waals surface area contributed by atoms with Crippen molar-refractivity contribution >= 4 is 56.5 Å². The molecule has 1 fully saturated rings. The minimum Gasteiger partial charge on any atom is -0.457 e. The van der Waals surface area contributed by atoms with Crippen LogP contribution in [-0.2, 0) is 4.79 Å². The van der Waals surface area contributed by atoms with Gasteiger partial charge < -0.3 is 20.3 Å². The molecule has 39 heavy (non-hydrogen) atoms. The van der Waals surface area contributed by atoms with Crippen LogP contribution in [0, 0.1) is 5.92 Å². The van der Waals surface area contributed by atoms with E-state index in [1.807, 2.05) is 54.6 Å². The van der Waals surface area contributed by atoms with Gasteiger partial charge in [-0.1, -0.05) is 24.8 Å². The number of aromatic nitrogens is 1. The average molecular weight is 540 g/mol. The summed E-state index contributed by atoms with van der Waals surface area (Å²) in [5.41, 5.74) is 1.78.